The molecule has 0 aliphatic rings. The number of hydrogen-bond donors (Lipinski definition) is 1. The zero-order chi connectivity index (χ0) is 9.90. The average molecular weight is 181 g/mol. The van der Waals surface area contributed by atoms with E-state index in [4.69, 9.17) is 15.5 Å². The van der Waals surface area contributed by atoms with E-state index in [1.165, 1.54) is 0 Å². The van der Waals surface area contributed by atoms with Crippen LogP contribution < -0.4 is 10.6 Å². The quantitative estimate of drug-likeness (QED) is 0.723. The van der Waals surface area contributed by atoms with Gasteiger partial charge in [0.2, 0.25) is 0 Å². The van der Waals surface area contributed by atoms with Crippen molar-refractivity contribution in [1.29, 1.82) is 0 Å². The van der Waals surface area contributed by atoms with Gasteiger partial charge in [-0.05, 0) is 31.5 Å². The third-order valence-corrected chi connectivity index (χ3v) is 2.08. The second-order valence-electron chi connectivity index (χ2n) is 3.36. The lowest BCUT2D eigenvalue weighted by molar-refractivity contribution is -0.0236. The summed E-state index contributed by atoms with van der Waals surface area (Å²) in [6, 6.07) is 7.64. The Morgan fingerprint density at radius 2 is 1.69 bits per heavy atom. The summed E-state index contributed by atoms with van der Waals surface area (Å²) < 4.78 is 5.04. The molecule has 0 spiro atoms. The van der Waals surface area contributed by atoms with Gasteiger partial charge in [0.25, 0.3) is 0 Å². The topological polar surface area (TPSA) is 44.5 Å². The molecule has 0 bridgehead atoms. The second-order valence-corrected chi connectivity index (χ2v) is 3.36. The molecule has 3 nitrogen and oxygen atoms in total. The first-order valence-electron chi connectivity index (χ1n) is 4.12. The highest BCUT2D eigenvalue weighted by Gasteiger charge is 2.19. The highest BCUT2D eigenvalue weighted by Crippen LogP contribution is 2.24. The fourth-order valence-electron chi connectivity index (χ4n) is 1.06. The van der Waals surface area contributed by atoms with E-state index >= 15 is 0 Å². The molecule has 0 fully saturated rings. The van der Waals surface area contributed by atoms with E-state index in [1.54, 1.807) is 7.11 Å². The molecule has 0 saturated heterocycles. The van der Waals surface area contributed by atoms with Crippen LogP contribution in [0.4, 0.5) is 0 Å². The van der Waals surface area contributed by atoms with Gasteiger partial charge in [-0.25, -0.2) is 5.90 Å². The zero-order valence-electron chi connectivity index (χ0n) is 8.20. The van der Waals surface area contributed by atoms with Crippen molar-refractivity contribution in [2.24, 2.45) is 5.90 Å². The molecular weight excluding hydrogens is 166 g/mol. The predicted octanol–water partition coefficient (Wildman–Crippen LogP) is 1.82. The summed E-state index contributed by atoms with van der Waals surface area (Å²) >= 11 is 0. The third-order valence-electron chi connectivity index (χ3n) is 2.08. The van der Waals surface area contributed by atoms with Gasteiger partial charge in [-0.3, -0.25) is 4.84 Å². The molecule has 0 amide bonds. The van der Waals surface area contributed by atoms with Crippen molar-refractivity contribution in [2.45, 2.75) is 19.4 Å². The minimum Gasteiger partial charge on any atom is -0.497 e. The van der Waals surface area contributed by atoms with Crippen LogP contribution in [0.15, 0.2) is 24.3 Å². The Balaban J connectivity index is 2.92. The molecule has 13 heavy (non-hydrogen) atoms. The van der Waals surface area contributed by atoms with Gasteiger partial charge in [0.1, 0.15) is 11.4 Å². The van der Waals surface area contributed by atoms with Crippen molar-refractivity contribution in [3.8, 4) is 5.75 Å². The minimum atomic E-state index is -0.452. The summed E-state index contributed by atoms with van der Waals surface area (Å²) in [4.78, 5) is 4.86. The smallest absolute Gasteiger partial charge is 0.118 e. The fourth-order valence-corrected chi connectivity index (χ4v) is 1.06. The Bertz CT molecular complexity index is 267. The number of rotatable bonds is 3. The molecule has 0 unspecified atom stereocenters. The summed E-state index contributed by atoms with van der Waals surface area (Å²) in [5.74, 6) is 6.01. The molecule has 2 N–H and O–H groups in total. The normalized spacial score (nSPS) is 11.4. The number of ether oxygens (including phenoxy) is 1. The Hall–Kier alpha value is -1.06. The molecule has 0 aliphatic carbocycles. The van der Waals surface area contributed by atoms with Crippen molar-refractivity contribution in [2.75, 3.05) is 7.11 Å². The van der Waals surface area contributed by atoms with Crippen molar-refractivity contribution < 1.29 is 9.57 Å². The van der Waals surface area contributed by atoms with Gasteiger partial charge in [0, 0.05) is 0 Å². The number of benzene rings is 1. The Kier molecular flexibility index (Phi) is 2.90. The molecular formula is C10H15NO2. The molecule has 1 aromatic carbocycles. The fraction of sp³-hybridized carbons (Fsp3) is 0.400. The molecule has 1 aromatic rings. The van der Waals surface area contributed by atoms with Gasteiger partial charge >= 0.3 is 0 Å². The van der Waals surface area contributed by atoms with E-state index in [-0.39, 0.29) is 0 Å². The molecule has 0 aromatic heterocycles. The molecule has 0 atom stereocenters. The molecule has 1 rings (SSSR count). The first kappa shape index (κ1) is 10.0. The predicted molar refractivity (Wildman–Crippen MR) is 51.3 cm³/mol. The van der Waals surface area contributed by atoms with Crippen LogP contribution in [0, 0.1) is 0 Å². The molecule has 0 radical (unpaired) electrons. The molecule has 72 valence electrons. The lowest BCUT2D eigenvalue weighted by atomic mass is 9.98. The average Bonchev–Trinajstić information content (AvgIpc) is 2.18. The van der Waals surface area contributed by atoms with E-state index in [1.807, 2.05) is 38.1 Å². The summed E-state index contributed by atoms with van der Waals surface area (Å²) in [5.41, 5.74) is 0.572. The van der Waals surface area contributed by atoms with Gasteiger partial charge in [0.05, 0.1) is 7.11 Å². The maximum absolute atomic E-state index is 5.18. The molecule has 0 heterocycles. The number of nitrogens with two attached hydrogens (primary N) is 1. The van der Waals surface area contributed by atoms with Crippen LogP contribution in [0.1, 0.15) is 19.4 Å². The van der Waals surface area contributed by atoms with Crippen molar-refractivity contribution in [3.63, 3.8) is 0 Å². The van der Waals surface area contributed by atoms with Crippen LogP contribution in [-0.4, -0.2) is 7.11 Å². The van der Waals surface area contributed by atoms with Crippen LogP contribution in [-0.2, 0) is 10.4 Å². The van der Waals surface area contributed by atoms with Crippen LogP contribution in [0.25, 0.3) is 0 Å². The van der Waals surface area contributed by atoms with Gasteiger partial charge in [0.15, 0.2) is 0 Å². The number of hydrogen-bond acceptors (Lipinski definition) is 3. The molecule has 0 saturated carbocycles. The number of methoxy groups -OCH3 is 1. The van der Waals surface area contributed by atoms with E-state index in [9.17, 15) is 0 Å². The first-order valence-corrected chi connectivity index (χ1v) is 4.12. The minimum absolute atomic E-state index is 0.452. The summed E-state index contributed by atoms with van der Waals surface area (Å²) in [5, 5.41) is 0. The standard InChI is InChI=1S/C10H15NO2/c1-10(2,13-11)8-4-6-9(12-3)7-5-8/h4-7H,11H2,1-3H3. The van der Waals surface area contributed by atoms with Gasteiger partial charge in [-0.15, -0.1) is 0 Å². The highest BCUT2D eigenvalue weighted by molar-refractivity contribution is 5.30. The summed E-state index contributed by atoms with van der Waals surface area (Å²) in [6.07, 6.45) is 0. The van der Waals surface area contributed by atoms with Crippen LogP contribution in [0.3, 0.4) is 0 Å². The van der Waals surface area contributed by atoms with Gasteiger partial charge in [-0.2, -0.15) is 0 Å². The zero-order valence-corrected chi connectivity index (χ0v) is 8.20. The lowest BCUT2D eigenvalue weighted by Crippen LogP contribution is -2.25. The third kappa shape index (κ3) is 2.20. The Labute approximate surface area is 78.4 Å². The Morgan fingerprint density at radius 3 is 2.08 bits per heavy atom. The largest absolute Gasteiger partial charge is 0.497 e. The lowest BCUT2D eigenvalue weighted by Gasteiger charge is -2.22. The monoisotopic (exact) mass is 181 g/mol. The van der Waals surface area contributed by atoms with Gasteiger partial charge < -0.3 is 4.74 Å². The summed E-state index contributed by atoms with van der Waals surface area (Å²) in [6.45, 7) is 3.82. The van der Waals surface area contributed by atoms with Crippen LogP contribution in [0.5, 0.6) is 5.75 Å². The van der Waals surface area contributed by atoms with Crippen molar-refractivity contribution in [1.82, 2.24) is 0 Å². The molecule has 0 aliphatic heterocycles. The van der Waals surface area contributed by atoms with E-state index in [0.29, 0.717) is 0 Å². The van der Waals surface area contributed by atoms with E-state index < -0.39 is 5.60 Å². The van der Waals surface area contributed by atoms with Crippen molar-refractivity contribution in [3.05, 3.63) is 29.8 Å². The maximum atomic E-state index is 5.18. The van der Waals surface area contributed by atoms with Crippen molar-refractivity contribution >= 4 is 0 Å². The SMILES string of the molecule is COc1ccc(C(C)(C)ON)cc1. The highest BCUT2D eigenvalue weighted by atomic mass is 16.6. The maximum Gasteiger partial charge on any atom is 0.118 e. The summed E-state index contributed by atoms with van der Waals surface area (Å²) in [7, 11) is 1.64. The van der Waals surface area contributed by atoms with Gasteiger partial charge in [-0.1, -0.05) is 12.1 Å². The first-order chi connectivity index (χ1) is 6.10. The second kappa shape index (κ2) is 3.77. The van der Waals surface area contributed by atoms with E-state index in [0.717, 1.165) is 11.3 Å². The van der Waals surface area contributed by atoms with E-state index in [2.05, 4.69) is 0 Å². The Morgan fingerprint density at radius 1 is 1.15 bits per heavy atom. The van der Waals surface area contributed by atoms with Crippen LogP contribution >= 0.6 is 0 Å². The molecule has 3 heteroatoms. The van der Waals surface area contributed by atoms with Crippen LogP contribution in [0.2, 0.25) is 0 Å².